The number of nitrogens with two attached hydrogens (primary N) is 1. The third-order valence-corrected chi connectivity index (χ3v) is 2.56. The number of esters is 1. The van der Waals surface area contributed by atoms with Crippen LogP contribution < -0.4 is 10.5 Å². The second kappa shape index (κ2) is 5.66. The number of hydrogen-bond donors (Lipinski definition) is 1. The van der Waals surface area contributed by atoms with Gasteiger partial charge in [0, 0.05) is 6.07 Å². The highest BCUT2D eigenvalue weighted by atomic mass is 16.6. The van der Waals surface area contributed by atoms with Crippen LogP contribution in [-0.4, -0.2) is 30.1 Å². The van der Waals surface area contributed by atoms with Crippen molar-refractivity contribution in [3.63, 3.8) is 0 Å². The number of carbonyl (C=O) groups excluding carboxylic acids is 1. The molecule has 0 aliphatic heterocycles. The zero-order chi connectivity index (χ0) is 14.6. The second-order valence-corrected chi connectivity index (χ2v) is 4.38. The van der Waals surface area contributed by atoms with Crippen molar-refractivity contribution in [3.8, 4) is 5.75 Å². The largest absolute Gasteiger partial charge is 0.484 e. The Balaban J connectivity index is 2.95. The van der Waals surface area contributed by atoms with E-state index in [1.54, 1.807) is 19.1 Å². The van der Waals surface area contributed by atoms with Gasteiger partial charge in [-0.1, -0.05) is 12.1 Å². The molecule has 104 valence electrons. The van der Waals surface area contributed by atoms with Gasteiger partial charge in [-0.05, 0) is 19.4 Å². The molecule has 0 bridgehead atoms. The van der Waals surface area contributed by atoms with Crippen LogP contribution in [0.25, 0.3) is 0 Å². The first-order valence-electron chi connectivity index (χ1n) is 5.53. The Labute approximate surface area is 110 Å². The van der Waals surface area contributed by atoms with Crippen molar-refractivity contribution in [3.05, 3.63) is 33.9 Å². The molecular formula is C12H16N2O5. The van der Waals surface area contributed by atoms with Crippen LogP contribution >= 0.6 is 0 Å². The predicted molar refractivity (Wildman–Crippen MR) is 67.9 cm³/mol. The van der Waals surface area contributed by atoms with Gasteiger partial charge in [0.25, 0.3) is 0 Å². The molecule has 0 fully saturated rings. The van der Waals surface area contributed by atoms with E-state index in [0.29, 0.717) is 5.56 Å². The van der Waals surface area contributed by atoms with Crippen LogP contribution in [0, 0.1) is 17.0 Å². The number of aryl methyl sites for hydroxylation is 1. The molecule has 0 aliphatic rings. The summed E-state index contributed by atoms with van der Waals surface area (Å²) in [6.45, 7) is 2.89. The van der Waals surface area contributed by atoms with E-state index in [4.69, 9.17) is 10.5 Å². The average Bonchev–Trinajstić information content (AvgIpc) is 2.35. The summed E-state index contributed by atoms with van der Waals surface area (Å²) < 4.78 is 9.88. The van der Waals surface area contributed by atoms with Gasteiger partial charge in [-0.25, -0.2) is 4.79 Å². The Morgan fingerprint density at radius 2 is 2.16 bits per heavy atom. The van der Waals surface area contributed by atoms with Crippen molar-refractivity contribution in [2.45, 2.75) is 19.4 Å². The SMILES string of the molecule is COC(=O)C(C)(N)COc1c(C)cccc1[N+](=O)[O-]. The fourth-order valence-corrected chi connectivity index (χ4v) is 1.48. The highest BCUT2D eigenvalue weighted by Gasteiger charge is 2.31. The van der Waals surface area contributed by atoms with E-state index in [2.05, 4.69) is 4.74 Å². The molecule has 7 nitrogen and oxygen atoms in total. The molecule has 7 heteroatoms. The lowest BCUT2D eigenvalue weighted by Gasteiger charge is -2.22. The number of benzene rings is 1. The molecule has 0 spiro atoms. The number of rotatable bonds is 5. The molecule has 0 aliphatic carbocycles. The molecule has 1 aromatic carbocycles. The van der Waals surface area contributed by atoms with Crippen LogP contribution in [0.3, 0.4) is 0 Å². The van der Waals surface area contributed by atoms with Crippen molar-refractivity contribution in [1.82, 2.24) is 0 Å². The maximum absolute atomic E-state index is 11.4. The first-order valence-corrected chi connectivity index (χ1v) is 5.53. The molecule has 1 atom stereocenters. The molecule has 0 heterocycles. The zero-order valence-electron chi connectivity index (χ0n) is 11.0. The summed E-state index contributed by atoms with van der Waals surface area (Å²) in [6, 6.07) is 4.56. The molecule has 0 aromatic heterocycles. The quantitative estimate of drug-likeness (QED) is 0.488. The van der Waals surface area contributed by atoms with E-state index >= 15 is 0 Å². The van der Waals surface area contributed by atoms with Crippen molar-refractivity contribution in [2.24, 2.45) is 5.73 Å². The third kappa shape index (κ3) is 3.41. The minimum atomic E-state index is -1.37. The minimum Gasteiger partial charge on any atom is -0.484 e. The van der Waals surface area contributed by atoms with E-state index < -0.39 is 16.4 Å². The van der Waals surface area contributed by atoms with Gasteiger partial charge in [0.1, 0.15) is 12.1 Å². The van der Waals surface area contributed by atoms with E-state index in [1.807, 2.05) is 0 Å². The van der Waals surface area contributed by atoms with Gasteiger partial charge in [0.15, 0.2) is 5.75 Å². The summed E-state index contributed by atoms with van der Waals surface area (Å²) in [6.07, 6.45) is 0. The van der Waals surface area contributed by atoms with Crippen LogP contribution in [0.4, 0.5) is 5.69 Å². The molecule has 0 radical (unpaired) electrons. The smallest absolute Gasteiger partial charge is 0.329 e. The lowest BCUT2D eigenvalue weighted by molar-refractivity contribution is -0.386. The Morgan fingerprint density at radius 1 is 1.53 bits per heavy atom. The van der Waals surface area contributed by atoms with Crippen molar-refractivity contribution in [2.75, 3.05) is 13.7 Å². The van der Waals surface area contributed by atoms with Crippen LogP contribution in [0.1, 0.15) is 12.5 Å². The number of para-hydroxylation sites is 1. The van der Waals surface area contributed by atoms with Crippen molar-refractivity contribution < 1.29 is 19.2 Å². The van der Waals surface area contributed by atoms with E-state index in [0.717, 1.165) is 0 Å². The first-order chi connectivity index (χ1) is 8.79. The second-order valence-electron chi connectivity index (χ2n) is 4.38. The number of ether oxygens (including phenoxy) is 2. The minimum absolute atomic E-state index is 0.105. The van der Waals surface area contributed by atoms with Gasteiger partial charge in [-0.3, -0.25) is 10.1 Å². The molecule has 1 unspecified atom stereocenters. The fraction of sp³-hybridized carbons (Fsp3) is 0.417. The van der Waals surface area contributed by atoms with E-state index in [9.17, 15) is 14.9 Å². The zero-order valence-corrected chi connectivity index (χ0v) is 11.0. The summed E-state index contributed by atoms with van der Waals surface area (Å²) in [7, 11) is 1.21. The lowest BCUT2D eigenvalue weighted by atomic mass is 10.1. The van der Waals surface area contributed by atoms with Crippen LogP contribution in [0.2, 0.25) is 0 Å². The number of nitro groups is 1. The Bertz CT molecular complexity index is 499. The Kier molecular flexibility index (Phi) is 4.44. The first kappa shape index (κ1) is 14.9. The topological polar surface area (TPSA) is 105 Å². The highest BCUT2D eigenvalue weighted by Crippen LogP contribution is 2.30. The third-order valence-electron chi connectivity index (χ3n) is 2.56. The lowest BCUT2D eigenvalue weighted by Crippen LogP contribution is -2.50. The summed E-state index contributed by atoms with van der Waals surface area (Å²) in [5.41, 5.74) is 4.78. The molecule has 1 aromatic rings. The van der Waals surface area contributed by atoms with Gasteiger partial charge in [-0.2, -0.15) is 0 Å². The monoisotopic (exact) mass is 268 g/mol. The summed E-state index contributed by atoms with van der Waals surface area (Å²) in [4.78, 5) is 21.7. The van der Waals surface area contributed by atoms with E-state index in [-0.39, 0.29) is 18.0 Å². The molecule has 0 saturated carbocycles. The predicted octanol–water partition coefficient (Wildman–Crippen LogP) is 1.17. The number of nitro benzene ring substituents is 1. The maximum Gasteiger partial charge on any atom is 0.329 e. The average molecular weight is 268 g/mol. The Morgan fingerprint density at radius 3 is 2.68 bits per heavy atom. The Hall–Kier alpha value is -2.15. The summed E-state index contributed by atoms with van der Waals surface area (Å²) >= 11 is 0. The number of methoxy groups -OCH3 is 1. The number of carbonyl (C=O) groups is 1. The summed E-state index contributed by atoms with van der Waals surface area (Å²) in [5, 5.41) is 10.9. The standard InChI is InChI=1S/C12H16N2O5/c1-8-5-4-6-9(14(16)17)10(8)19-7-12(2,13)11(15)18-3/h4-6H,7,13H2,1-3H3. The van der Waals surface area contributed by atoms with Crippen LogP contribution in [-0.2, 0) is 9.53 Å². The fourth-order valence-electron chi connectivity index (χ4n) is 1.48. The van der Waals surface area contributed by atoms with E-state index in [1.165, 1.54) is 20.1 Å². The normalized spacial score (nSPS) is 13.5. The van der Waals surface area contributed by atoms with Crippen molar-refractivity contribution >= 4 is 11.7 Å². The van der Waals surface area contributed by atoms with Gasteiger partial charge in [0.05, 0.1) is 12.0 Å². The summed E-state index contributed by atoms with van der Waals surface area (Å²) in [5.74, 6) is -0.545. The maximum atomic E-state index is 11.4. The van der Waals surface area contributed by atoms with Gasteiger partial charge >= 0.3 is 11.7 Å². The molecule has 19 heavy (non-hydrogen) atoms. The van der Waals surface area contributed by atoms with Gasteiger partial charge in [0.2, 0.25) is 0 Å². The van der Waals surface area contributed by atoms with Crippen LogP contribution in [0.15, 0.2) is 18.2 Å². The molecule has 1 rings (SSSR count). The number of hydrogen-bond acceptors (Lipinski definition) is 6. The van der Waals surface area contributed by atoms with Gasteiger partial charge < -0.3 is 15.2 Å². The van der Waals surface area contributed by atoms with Crippen LogP contribution in [0.5, 0.6) is 5.75 Å². The molecular weight excluding hydrogens is 252 g/mol. The molecule has 0 amide bonds. The number of nitrogens with zero attached hydrogens (tertiary/aromatic N) is 1. The van der Waals surface area contributed by atoms with Gasteiger partial charge in [-0.15, -0.1) is 0 Å². The molecule has 0 saturated heterocycles. The van der Waals surface area contributed by atoms with Crippen molar-refractivity contribution in [1.29, 1.82) is 0 Å². The molecule has 2 N–H and O–H groups in total. The highest BCUT2D eigenvalue weighted by molar-refractivity contribution is 5.80.